The van der Waals surface area contributed by atoms with Crippen LogP contribution in [0, 0.1) is 0 Å². The standard InChI is InChI=1S/C21H14/c1-2-5-14(4-1)18-12-10-17-9-8-15-6-3-7-16-11-13-19(18)21(17)20(15)16/h1-14H. The van der Waals surface area contributed by atoms with Crippen molar-refractivity contribution in [3.05, 3.63) is 84.5 Å². The molecule has 4 aromatic rings. The summed E-state index contributed by atoms with van der Waals surface area (Å²) in [5.41, 5.74) is 1.41. The lowest BCUT2D eigenvalue weighted by atomic mass is 9.88. The molecule has 5 rings (SSSR count). The molecule has 0 saturated carbocycles. The zero-order valence-corrected chi connectivity index (χ0v) is 11.6. The first-order chi connectivity index (χ1) is 10.4. The van der Waals surface area contributed by atoms with Crippen LogP contribution in [0.2, 0.25) is 0 Å². The smallest absolute Gasteiger partial charge is 0.0211 e. The van der Waals surface area contributed by atoms with Crippen molar-refractivity contribution in [3.63, 3.8) is 0 Å². The zero-order chi connectivity index (χ0) is 13.8. The third kappa shape index (κ3) is 1.45. The van der Waals surface area contributed by atoms with E-state index in [0.717, 1.165) is 0 Å². The van der Waals surface area contributed by atoms with Crippen molar-refractivity contribution < 1.29 is 0 Å². The highest BCUT2D eigenvalue weighted by molar-refractivity contribution is 6.23. The Bertz CT molecular complexity index is 1010. The summed E-state index contributed by atoms with van der Waals surface area (Å²) in [5, 5.41) is 8.21. The predicted molar refractivity (Wildman–Crippen MR) is 91.2 cm³/mol. The average Bonchev–Trinajstić information content (AvgIpc) is 3.07. The third-order valence-corrected chi connectivity index (χ3v) is 4.67. The monoisotopic (exact) mass is 266 g/mol. The largest absolute Gasteiger partial charge is 0.0732 e. The third-order valence-electron chi connectivity index (χ3n) is 4.67. The molecule has 0 unspecified atom stereocenters. The first-order valence-electron chi connectivity index (χ1n) is 7.43. The minimum atomic E-state index is 0.412. The van der Waals surface area contributed by atoms with E-state index in [4.69, 9.17) is 0 Å². The molecular formula is C21H14. The molecule has 0 amide bonds. The molecule has 0 heteroatoms. The van der Waals surface area contributed by atoms with E-state index in [2.05, 4.69) is 78.9 Å². The molecule has 0 fully saturated rings. The van der Waals surface area contributed by atoms with Crippen LogP contribution in [0.3, 0.4) is 0 Å². The highest BCUT2D eigenvalue weighted by Crippen LogP contribution is 2.38. The molecular weight excluding hydrogens is 252 g/mol. The van der Waals surface area contributed by atoms with Gasteiger partial charge in [0.15, 0.2) is 0 Å². The quantitative estimate of drug-likeness (QED) is 0.382. The van der Waals surface area contributed by atoms with Crippen LogP contribution >= 0.6 is 0 Å². The van der Waals surface area contributed by atoms with Gasteiger partial charge < -0.3 is 0 Å². The van der Waals surface area contributed by atoms with Crippen molar-refractivity contribution in [2.24, 2.45) is 0 Å². The van der Waals surface area contributed by atoms with E-state index in [1.165, 1.54) is 37.9 Å². The van der Waals surface area contributed by atoms with Gasteiger partial charge in [-0.1, -0.05) is 78.9 Å². The van der Waals surface area contributed by atoms with Gasteiger partial charge in [-0.25, -0.2) is 0 Å². The normalized spacial score (nSPS) is 15.0. The molecule has 0 nitrogen and oxygen atoms in total. The molecule has 1 aliphatic carbocycles. The van der Waals surface area contributed by atoms with Crippen molar-refractivity contribution in [2.45, 2.75) is 5.92 Å². The Morgan fingerprint density at radius 2 is 1.19 bits per heavy atom. The van der Waals surface area contributed by atoms with E-state index in [-0.39, 0.29) is 0 Å². The van der Waals surface area contributed by atoms with Crippen LogP contribution < -0.4 is 0 Å². The number of hydrogen-bond acceptors (Lipinski definition) is 0. The number of hydrogen-bond donors (Lipinski definition) is 0. The lowest BCUT2D eigenvalue weighted by Gasteiger charge is -2.15. The second kappa shape index (κ2) is 3.95. The summed E-state index contributed by atoms with van der Waals surface area (Å²) in [6.45, 7) is 0. The molecule has 98 valence electrons. The summed E-state index contributed by atoms with van der Waals surface area (Å²) >= 11 is 0. The molecule has 0 aliphatic heterocycles. The predicted octanol–water partition coefficient (Wildman–Crippen LogP) is 5.79. The minimum absolute atomic E-state index is 0.412. The van der Waals surface area contributed by atoms with Crippen LogP contribution in [0.5, 0.6) is 0 Å². The average molecular weight is 266 g/mol. The van der Waals surface area contributed by atoms with Crippen LogP contribution in [0.25, 0.3) is 32.3 Å². The fourth-order valence-electron chi connectivity index (χ4n) is 3.69. The first kappa shape index (κ1) is 11.1. The molecule has 0 aromatic heterocycles. The molecule has 0 N–H and O–H groups in total. The molecule has 0 saturated heterocycles. The van der Waals surface area contributed by atoms with Crippen LogP contribution in [-0.2, 0) is 0 Å². The number of allylic oxidation sites excluding steroid dienone is 4. The Hall–Kier alpha value is -2.60. The van der Waals surface area contributed by atoms with E-state index in [0.29, 0.717) is 5.92 Å². The van der Waals surface area contributed by atoms with Gasteiger partial charge in [-0.15, -0.1) is 0 Å². The van der Waals surface area contributed by atoms with E-state index in [1.54, 1.807) is 0 Å². The molecule has 0 atom stereocenters. The molecule has 0 radical (unpaired) electrons. The van der Waals surface area contributed by atoms with Crippen LogP contribution in [0.15, 0.2) is 78.9 Å². The van der Waals surface area contributed by atoms with Crippen molar-refractivity contribution in [1.29, 1.82) is 0 Å². The topological polar surface area (TPSA) is 0 Å². The van der Waals surface area contributed by atoms with Gasteiger partial charge in [-0.3, -0.25) is 0 Å². The Morgan fingerprint density at radius 1 is 0.571 bits per heavy atom. The van der Waals surface area contributed by atoms with E-state index in [9.17, 15) is 0 Å². The van der Waals surface area contributed by atoms with E-state index < -0.39 is 0 Å². The van der Waals surface area contributed by atoms with Crippen molar-refractivity contribution in [2.75, 3.05) is 0 Å². The summed E-state index contributed by atoms with van der Waals surface area (Å²) < 4.78 is 0. The molecule has 0 heterocycles. The van der Waals surface area contributed by atoms with Crippen molar-refractivity contribution >= 4 is 32.3 Å². The lowest BCUT2D eigenvalue weighted by Crippen LogP contribution is -1.93. The number of benzene rings is 4. The van der Waals surface area contributed by atoms with Gasteiger partial charge in [0.1, 0.15) is 0 Å². The van der Waals surface area contributed by atoms with E-state index >= 15 is 0 Å². The highest BCUT2D eigenvalue weighted by Gasteiger charge is 2.14. The van der Waals surface area contributed by atoms with Gasteiger partial charge >= 0.3 is 0 Å². The molecule has 4 aromatic carbocycles. The summed E-state index contributed by atoms with van der Waals surface area (Å²) in [5.74, 6) is 0.412. The Balaban J connectivity index is 2.01. The molecule has 1 aliphatic rings. The fourth-order valence-corrected chi connectivity index (χ4v) is 3.69. The van der Waals surface area contributed by atoms with Gasteiger partial charge in [0.2, 0.25) is 0 Å². The first-order valence-corrected chi connectivity index (χ1v) is 7.43. The SMILES string of the molecule is C1=CC(c2ccc3ccc4cccc5ccc2c3c45)C=C1. The molecule has 21 heavy (non-hydrogen) atoms. The number of rotatable bonds is 1. The second-order valence-corrected chi connectivity index (χ2v) is 5.81. The van der Waals surface area contributed by atoms with Gasteiger partial charge in [0.25, 0.3) is 0 Å². The Morgan fingerprint density at radius 3 is 1.95 bits per heavy atom. The molecule has 0 bridgehead atoms. The van der Waals surface area contributed by atoms with Gasteiger partial charge in [-0.05, 0) is 37.9 Å². The second-order valence-electron chi connectivity index (χ2n) is 5.81. The van der Waals surface area contributed by atoms with Gasteiger partial charge in [0, 0.05) is 5.92 Å². The zero-order valence-electron chi connectivity index (χ0n) is 11.6. The highest BCUT2D eigenvalue weighted by atomic mass is 14.2. The maximum atomic E-state index is 2.29. The fraction of sp³-hybridized carbons (Fsp3) is 0.0476. The molecule has 0 spiro atoms. The summed E-state index contributed by atoms with van der Waals surface area (Å²) in [7, 11) is 0. The van der Waals surface area contributed by atoms with Crippen LogP contribution in [0.1, 0.15) is 11.5 Å². The van der Waals surface area contributed by atoms with Gasteiger partial charge in [-0.2, -0.15) is 0 Å². The van der Waals surface area contributed by atoms with Gasteiger partial charge in [0.05, 0.1) is 0 Å². The Labute approximate surface area is 123 Å². The summed E-state index contributed by atoms with van der Waals surface area (Å²) in [6.07, 6.45) is 8.82. The van der Waals surface area contributed by atoms with E-state index in [1.807, 2.05) is 0 Å². The summed E-state index contributed by atoms with van der Waals surface area (Å²) in [4.78, 5) is 0. The summed E-state index contributed by atoms with van der Waals surface area (Å²) in [6, 6.07) is 20.1. The Kier molecular flexibility index (Phi) is 2.09. The maximum Gasteiger partial charge on any atom is 0.0211 e. The maximum absolute atomic E-state index is 2.29. The van der Waals surface area contributed by atoms with Crippen LogP contribution in [0.4, 0.5) is 0 Å². The van der Waals surface area contributed by atoms with Crippen molar-refractivity contribution in [3.8, 4) is 0 Å². The van der Waals surface area contributed by atoms with Crippen LogP contribution in [-0.4, -0.2) is 0 Å². The minimum Gasteiger partial charge on any atom is -0.0732 e. The van der Waals surface area contributed by atoms with Crippen molar-refractivity contribution in [1.82, 2.24) is 0 Å². The lowest BCUT2D eigenvalue weighted by molar-refractivity contribution is 1.13.